The Morgan fingerprint density at radius 2 is 2.09 bits per heavy atom. The van der Waals surface area contributed by atoms with Crippen LogP contribution in [-0.2, 0) is 4.79 Å². The molecule has 4 nitrogen and oxygen atoms in total. The summed E-state index contributed by atoms with van der Waals surface area (Å²) >= 11 is 5.89. The van der Waals surface area contributed by atoms with Crippen LogP contribution in [0.3, 0.4) is 0 Å². The quantitative estimate of drug-likeness (QED) is 0.683. The van der Waals surface area contributed by atoms with E-state index in [0.717, 1.165) is 13.1 Å². The molecule has 1 aromatic carbocycles. The van der Waals surface area contributed by atoms with Gasteiger partial charge in [0.25, 0.3) is 5.91 Å². The van der Waals surface area contributed by atoms with E-state index in [4.69, 9.17) is 11.6 Å². The third-order valence-electron chi connectivity index (χ3n) is 3.66. The summed E-state index contributed by atoms with van der Waals surface area (Å²) in [6.45, 7) is 6.13. The lowest BCUT2D eigenvalue weighted by Crippen LogP contribution is -2.35. The number of carbonyl (C=O) groups is 1. The summed E-state index contributed by atoms with van der Waals surface area (Å²) in [4.78, 5) is 14.3. The molecule has 22 heavy (non-hydrogen) atoms. The van der Waals surface area contributed by atoms with Gasteiger partial charge >= 0.3 is 0 Å². The molecule has 0 saturated carbocycles. The van der Waals surface area contributed by atoms with Crippen molar-refractivity contribution in [3.05, 3.63) is 41.1 Å². The van der Waals surface area contributed by atoms with Crippen molar-refractivity contribution in [3.8, 4) is 6.07 Å². The number of anilines is 1. The number of rotatable bonds is 3. The maximum absolute atomic E-state index is 12.2. The monoisotopic (exact) mass is 317 g/mol. The second-order valence-corrected chi connectivity index (χ2v) is 6.46. The summed E-state index contributed by atoms with van der Waals surface area (Å²) < 4.78 is 0. The molecular weight excluding hydrogens is 298 g/mol. The molecule has 1 aliphatic heterocycles. The van der Waals surface area contributed by atoms with Gasteiger partial charge in [-0.1, -0.05) is 31.5 Å². The maximum atomic E-state index is 12.2. The average molecular weight is 318 g/mol. The molecule has 116 valence electrons. The Balaban J connectivity index is 2.08. The van der Waals surface area contributed by atoms with Crippen molar-refractivity contribution in [3.63, 3.8) is 0 Å². The molecule has 1 aromatic rings. The second kappa shape index (κ2) is 7.33. The largest absolute Gasteiger partial charge is 0.376 e. The summed E-state index contributed by atoms with van der Waals surface area (Å²) in [5.41, 5.74) is 0.695. The number of hydrogen-bond donors (Lipinski definition) is 1. The highest BCUT2D eigenvalue weighted by molar-refractivity contribution is 6.31. The van der Waals surface area contributed by atoms with Gasteiger partial charge in [-0.25, -0.2) is 0 Å². The minimum atomic E-state index is -0.407. The fourth-order valence-corrected chi connectivity index (χ4v) is 3.09. The van der Waals surface area contributed by atoms with E-state index in [1.165, 1.54) is 6.42 Å². The average Bonchev–Trinajstić information content (AvgIpc) is 2.43. The van der Waals surface area contributed by atoms with E-state index >= 15 is 0 Å². The van der Waals surface area contributed by atoms with Crippen molar-refractivity contribution in [2.75, 3.05) is 18.4 Å². The number of nitrogens with zero attached hydrogens (tertiary/aromatic N) is 2. The van der Waals surface area contributed by atoms with Crippen LogP contribution in [0.2, 0.25) is 5.02 Å². The Bertz CT molecular complexity index is 611. The zero-order chi connectivity index (χ0) is 16.1. The number of benzene rings is 1. The van der Waals surface area contributed by atoms with E-state index in [9.17, 15) is 10.1 Å². The van der Waals surface area contributed by atoms with E-state index in [0.29, 0.717) is 22.5 Å². The van der Waals surface area contributed by atoms with Gasteiger partial charge in [0.15, 0.2) is 0 Å². The van der Waals surface area contributed by atoms with Crippen molar-refractivity contribution in [2.24, 2.45) is 11.8 Å². The molecule has 1 saturated heterocycles. The molecule has 0 aromatic heterocycles. The highest BCUT2D eigenvalue weighted by Gasteiger charge is 2.21. The number of hydrogen-bond acceptors (Lipinski definition) is 3. The predicted molar refractivity (Wildman–Crippen MR) is 88.3 cm³/mol. The van der Waals surface area contributed by atoms with Gasteiger partial charge in [0, 0.05) is 30.0 Å². The van der Waals surface area contributed by atoms with Gasteiger partial charge in [-0.2, -0.15) is 5.26 Å². The van der Waals surface area contributed by atoms with Crippen LogP contribution in [0.1, 0.15) is 20.3 Å². The minimum Gasteiger partial charge on any atom is -0.376 e. The van der Waals surface area contributed by atoms with Gasteiger partial charge in [0.1, 0.15) is 11.6 Å². The van der Waals surface area contributed by atoms with Crippen LogP contribution in [-0.4, -0.2) is 23.9 Å². The lowest BCUT2D eigenvalue weighted by Gasteiger charge is -2.34. The van der Waals surface area contributed by atoms with Gasteiger partial charge in [-0.15, -0.1) is 0 Å². The third-order valence-corrected chi connectivity index (χ3v) is 3.89. The normalized spacial score (nSPS) is 22.1. The summed E-state index contributed by atoms with van der Waals surface area (Å²) in [7, 11) is 0. The molecular formula is C17H20ClN3O. The molecule has 2 atom stereocenters. The van der Waals surface area contributed by atoms with Crippen molar-refractivity contribution in [2.45, 2.75) is 20.3 Å². The summed E-state index contributed by atoms with van der Waals surface area (Å²) in [6, 6.07) is 8.86. The molecule has 1 fully saturated rings. The maximum Gasteiger partial charge on any atom is 0.267 e. The number of amides is 1. The molecule has 1 heterocycles. The summed E-state index contributed by atoms with van der Waals surface area (Å²) in [6.07, 6.45) is 2.85. The molecule has 1 N–H and O–H groups in total. The molecule has 0 radical (unpaired) electrons. The molecule has 1 amide bonds. The smallest absolute Gasteiger partial charge is 0.267 e. The lowest BCUT2D eigenvalue weighted by molar-refractivity contribution is -0.112. The Morgan fingerprint density at radius 3 is 2.68 bits per heavy atom. The van der Waals surface area contributed by atoms with Crippen LogP contribution < -0.4 is 5.32 Å². The van der Waals surface area contributed by atoms with Gasteiger partial charge in [0.2, 0.25) is 0 Å². The standard InChI is InChI=1S/C17H20ClN3O/c1-12-6-13(2)10-21(9-12)11-14(8-19)17(22)20-16-5-3-4-15(18)7-16/h3-5,7,11-13H,6,9-10H2,1-2H3,(H,20,22)/b14-11+. The van der Waals surface area contributed by atoms with Crippen LogP contribution in [0.15, 0.2) is 36.0 Å². The number of carbonyl (C=O) groups excluding carboxylic acids is 1. The van der Waals surface area contributed by atoms with Crippen LogP contribution in [0.4, 0.5) is 5.69 Å². The Hall–Kier alpha value is -1.99. The highest BCUT2D eigenvalue weighted by atomic mass is 35.5. The zero-order valence-corrected chi connectivity index (χ0v) is 13.6. The number of piperidine rings is 1. The van der Waals surface area contributed by atoms with E-state index in [1.54, 1.807) is 30.5 Å². The molecule has 0 bridgehead atoms. The van der Waals surface area contributed by atoms with Crippen LogP contribution >= 0.6 is 11.6 Å². The summed E-state index contributed by atoms with van der Waals surface area (Å²) in [5, 5.41) is 12.5. The van der Waals surface area contributed by atoms with E-state index in [1.807, 2.05) is 6.07 Å². The van der Waals surface area contributed by atoms with Crippen LogP contribution in [0.5, 0.6) is 0 Å². The lowest BCUT2D eigenvalue weighted by atomic mass is 9.92. The van der Waals surface area contributed by atoms with Gasteiger partial charge in [0.05, 0.1) is 0 Å². The Labute approximate surface area is 136 Å². The molecule has 0 spiro atoms. The van der Waals surface area contributed by atoms with Crippen LogP contribution in [0.25, 0.3) is 0 Å². The fraction of sp³-hybridized carbons (Fsp3) is 0.412. The first-order chi connectivity index (χ1) is 10.5. The number of nitrogens with one attached hydrogen (secondary N) is 1. The highest BCUT2D eigenvalue weighted by Crippen LogP contribution is 2.22. The predicted octanol–water partition coefficient (Wildman–Crippen LogP) is 3.66. The summed E-state index contributed by atoms with van der Waals surface area (Å²) in [5.74, 6) is 0.725. The number of halogens is 1. The first-order valence-corrected chi connectivity index (χ1v) is 7.78. The van der Waals surface area contributed by atoms with Crippen molar-refractivity contribution in [1.82, 2.24) is 4.90 Å². The molecule has 2 unspecified atom stereocenters. The fourth-order valence-electron chi connectivity index (χ4n) is 2.90. The molecule has 1 aliphatic rings. The van der Waals surface area contributed by atoms with E-state index in [-0.39, 0.29) is 5.57 Å². The van der Waals surface area contributed by atoms with Crippen molar-refractivity contribution < 1.29 is 4.79 Å². The van der Waals surface area contributed by atoms with E-state index < -0.39 is 5.91 Å². The number of nitriles is 1. The van der Waals surface area contributed by atoms with E-state index in [2.05, 4.69) is 24.1 Å². The SMILES string of the molecule is CC1CC(C)CN(/C=C(\C#N)C(=O)Nc2cccc(Cl)c2)C1. The molecule has 5 heteroatoms. The first-order valence-electron chi connectivity index (χ1n) is 7.41. The third kappa shape index (κ3) is 4.51. The van der Waals surface area contributed by atoms with Crippen molar-refractivity contribution >= 4 is 23.2 Å². The Morgan fingerprint density at radius 1 is 1.41 bits per heavy atom. The second-order valence-electron chi connectivity index (χ2n) is 6.02. The van der Waals surface area contributed by atoms with Crippen molar-refractivity contribution in [1.29, 1.82) is 5.26 Å². The van der Waals surface area contributed by atoms with Gasteiger partial charge < -0.3 is 10.2 Å². The molecule has 2 rings (SSSR count). The van der Waals surface area contributed by atoms with Crippen LogP contribution in [0, 0.1) is 23.2 Å². The number of likely N-dealkylation sites (tertiary alicyclic amines) is 1. The zero-order valence-electron chi connectivity index (χ0n) is 12.8. The minimum absolute atomic E-state index is 0.112. The Kier molecular flexibility index (Phi) is 5.46. The topological polar surface area (TPSA) is 56.1 Å². The van der Waals surface area contributed by atoms with Gasteiger partial charge in [-0.3, -0.25) is 4.79 Å². The molecule has 0 aliphatic carbocycles. The first kappa shape index (κ1) is 16.4. The van der Waals surface area contributed by atoms with Gasteiger partial charge in [-0.05, 0) is 36.5 Å².